The van der Waals surface area contributed by atoms with Crippen LogP contribution in [0.5, 0.6) is 5.75 Å². The molecular formula is C30H38F3N9O2. The molecule has 14 heteroatoms. The highest BCUT2D eigenvalue weighted by Gasteiger charge is 2.44. The van der Waals surface area contributed by atoms with Crippen molar-refractivity contribution in [2.24, 2.45) is 11.3 Å². The monoisotopic (exact) mass is 613 g/mol. The summed E-state index contributed by atoms with van der Waals surface area (Å²) in [5.41, 5.74) is 0.778. The van der Waals surface area contributed by atoms with Gasteiger partial charge in [-0.1, -0.05) is 6.42 Å². The van der Waals surface area contributed by atoms with Crippen molar-refractivity contribution in [1.29, 1.82) is 0 Å². The molecule has 2 atom stereocenters. The van der Waals surface area contributed by atoms with Crippen LogP contribution < -0.4 is 20.3 Å². The van der Waals surface area contributed by atoms with Crippen LogP contribution in [0.25, 0.3) is 11.4 Å². The standard InChI is InChI=1S/C30H38F3N9O2/c1-34-28(43)20-4-3-8-29(16-20)9-13-41(19-29)26-15-25(37-24-14-23(5-10-35-24)44-30(31,32)33)38-27(39-26)21-17-36-42(18-21)22-6-11-40(2)12-7-22/h5,10,14-15,17-18,20,22H,3-4,6-9,11-13,16,19H2,1-2H3,(H,34,43)(H,35,37,38,39). The summed E-state index contributed by atoms with van der Waals surface area (Å²) in [6.45, 7) is 3.54. The Kier molecular flexibility index (Phi) is 8.36. The van der Waals surface area contributed by atoms with Crippen molar-refractivity contribution in [3.05, 3.63) is 36.8 Å². The lowest BCUT2D eigenvalue weighted by atomic mass is 9.69. The van der Waals surface area contributed by atoms with E-state index in [2.05, 4.69) is 42.3 Å². The number of nitrogens with one attached hydrogen (secondary N) is 2. The van der Waals surface area contributed by atoms with E-state index in [1.54, 1.807) is 19.3 Å². The normalized spacial score (nSPS) is 23.2. The number of piperidine rings is 1. The molecular weight excluding hydrogens is 575 g/mol. The number of anilines is 3. The zero-order chi connectivity index (χ0) is 30.9. The van der Waals surface area contributed by atoms with E-state index < -0.39 is 6.36 Å². The Bertz CT molecular complexity index is 1470. The molecule has 2 N–H and O–H groups in total. The smallest absolute Gasteiger partial charge is 0.406 e. The molecule has 2 unspecified atom stereocenters. The Hall–Kier alpha value is -3.94. The van der Waals surface area contributed by atoms with Crippen molar-refractivity contribution in [2.45, 2.75) is 57.3 Å². The van der Waals surface area contributed by atoms with Gasteiger partial charge >= 0.3 is 6.36 Å². The van der Waals surface area contributed by atoms with E-state index in [0.29, 0.717) is 23.5 Å². The first kappa shape index (κ1) is 30.1. The maximum Gasteiger partial charge on any atom is 0.573 e. The summed E-state index contributed by atoms with van der Waals surface area (Å²) in [5.74, 6) is 1.43. The van der Waals surface area contributed by atoms with Crippen molar-refractivity contribution in [3.8, 4) is 17.1 Å². The number of halogens is 3. The van der Waals surface area contributed by atoms with E-state index in [4.69, 9.17) is 9.97 Å². The van der Waals surface area contributed by atoms with Gasteiger partial charge in [-0.3, -0.25) is 9.48 Å². The number of carbonyl (C=O) groups is 1. The van der Waals surface area contributed by atoms with Crippen LogP contribution in [0.3, 0.4) is 0 Å². The molecule has 1 spiro atoms. The van der Waals surface area contributed by atoms with Gasteiger partial charge < -0.3 is 25.2 Å². The summed E-state index contributed by atoms with van der Waals surface area (Å²) >= 11 is 0. The van der Waals surface area contributed by atoms with Crippen molar-refractivity contribution in [3.63, 3.8) is 0 Å². The molecule has 0 radical (unpaired) electrons. The molecule has 236 valence electrons. The zero-order valence-corrected chi connectivity index (χ0v) is 25.0. The number of pyridine rings is 1. The SMILES string of the molecule is CNC(=O)C1CCCC2(CCN(c3cc(Nc4cc(OC(F)(F)F)ccn4)nc(-c4cnn(C5CCN(C)CC5)c4)n3)C2)C1. The first-order valence-electron chi connectivity index (χ1n) is 15.2. The molecule has 0 aromatic carbocycles. The molecule has 3 aromatic heterocycles. The predicted molar refractivity (Wildman–Crippen MR) is 159 cm³/mol. The van der Waals surface area contributed by atoms with Gasteiger partial charge in [0.1, 0.15) is 23.2 Å². The highest BCUT2D eigenvalue weighted by atomic mass is 19.4. The van der Waals surface area contributed by atoms with Gasteiger partial charge in [0.2, 0.25) is 5.91 Å². The fourth-order valence-electron chi connectivity index (χ4n) is 6.89. The first-order valence-corrected chi connectivity index (χ1v) is 15.2. The topological polar surface area (TPSA) is 113 Å². The molecule has 1 aliphatic carbocycles. The van der Waals surface area contributed by atoms with Crippen LogP contribution in [-0.2, 0) is 4.79 Å². The van der Waals surface area contributed by atoms with Gasteiger partial charge in [0, 0.05) is 50.6 Å². The molecule has 1 amide bonds. The number of likely N-dealkylation sites (tertiary alicyclic amines) is 1. The summed E-state index contributed by atoms with van der Waals surface area (Å²) in [6, 6.07) is 4.41. The lowest BCUT2D eigenvalue weighted by Crippen LogP contribution is -2.38. The molecule has 3 aliphatic rings. The third-order valence-corrected chi connectivity index (χ3v) is 9.17. The molecule has 6 rings (SSSR count). The second-order valence-corrected chi connectivity index (χ2v) is 12.3. The van der Waals surface area contributed by atoms with Crippen molar-refractivity contribution in [1.82, 2.24) is 34.9 Å². The van der Waals surface area contributed by atoms with Crippen LogP contribution in [0, 0.1) is 11.3 Å². The molecule has 2 aliphatic heterocycles. The van der Waals surface area contributed by atoms with Crippen LogP contribution in [0.4, 0.5) is 30.6 Å². The summed E-state index contributed by atoms with van der Waals surface area (Å²) in [4.78, 5) is 30.9. The Morgan fingerprint density at radius 3 is 2.68 bits per heavy atom. The fourth-order valence-corrected chi connectivity index (χ4v) is 6.89. The minimum absolute atomic E-state index is 0.00886. The van der Waals surface area contributed by atoms with Crippen molar-refractivity contribution < 1.29 is 22.7 Å². The lowest BCUT2D eigenvalue weighted by Gasteiger charge is -2.37. The van der Waals surface area contributed by atoms with E-state index >= 15 is 0 Å². The Morgan fingerprint density at radius 2 is 1.91 bits per heavy atom. The van der Waals surface area contributed by atoms with Crippen LogP contribution in [0.15, 0.2) is 36.8 Å². The van der Waals surface area contributed by atoms with Gasteiger partial charge in [-0.15, -0.1) is 13.2 Å². The minimum Gasteiger partial charge on any atom is -0.406 e. The maximum absolute atomic E-state index is 12.8. The Morgan fingerprint density at radius 1 is 1.09 bits per heavy atom. The number of hydrogen-bond acceptors (Lipinski definition) is 9. The van der Waals surface area contributed by atoms with Gasteiger partial charge in [-0.05, 0) is 70.1 Å². The largest absolute Gasteiger partial charge is 0.573 e. The van der Waals surface area contributed by atoms with Crippen LogP contribution in [0.1, 0.15) is 51.0 Å². The Balaban J connectivity index is 1.29. The quantitative estimate of drug-likeness (QED) is 0.389. The second kappa shape index (κ2) is 12.2. The van der Waals surface area contributed by atoms with Crippen LogP contribution in [0.2, 0.25) is 0 Å². The van der Waals surface area contributed by atoms with Gasteiger partial charge in [0.05, 0.1) is 17.8 Å². The number of ether oxygens (including phenoxy) is 1. The lowest BCUT2D eigenvalue weighted by molar-refractivity contribution is -0.274. The predicted octanol–water partition coefficient (Wildman–Crippen LogP) is 4.78. The number of nitrogens with zero attached hydrogens (tertiary/aromatic N) is 7. The van der Waals surface area contributed by atoms with Gasteiger partial charge in [-0.25, -0.2) is 15.0 Å². The highest BCUT2D eigenvalue weighted by Crippen LogP contribution is 2.47. The minimum atomic E-state index is -4.82. The molecule has 3 fully saturated rings. The number of rotatable bonds is 7. The van der Waals surface area contributed by atoms with Gasteiger partial charge in [0.25, 0.3) is 0 Å². The summed E-state index contributed by atoms with van der Waals surface area (Å²) < 4.78 is 44.6. The molecule has 11 nitrogen and oxygen atoms in total. The van der Waals surface area contributed by atoms with Crippen molar-refractivity contribution >= 4 is 23.4 Å². The van der Waals surface area contributed by atoms with E-state index in [1.807, 2.05) is 10.9 Å². The summed E-state index contributed by atoms with van der Waals surface area (Å²) in [7, 11) is 3.81. The molecule has 1 saturated carbocycles. The summed E-state index contributed by atoms with van der Waals surface area (Å²) in [5, 5.41) is 10.5. The number of carbonyl (C=O) groups excluding carboxylic acids is 1. The van der Waals surface area contributed by atoms with Crippen LogP contribution >= 0.6 is 0 Å². The molecule has 44 heavy (non-hydrogen) atoms. The number of hydrogen-bond donors (Lipinski definition) is 2. The average molecular weight is 614 g/mol. The third kappa shape index (κ3) is 6.90. The van der Waals surface area contributed by atoms with E-state index in [9.17, 15) is 18.0 Å². The zero-order valence-electron chi connectivity index (χ0n) is 25.0. The molecule has 5 heterocycles. The maximum atomic E-state index is 12.8. The molecule has 2 saturated heterocycles. The van der Waals surface area contributed by atoms with Crippen molar-refractivity contribution in [2.75, 3.05) is 50.5 Å². The number of amides is 1. The molecule has 3 aromatic rings. The number of alkyl halides is 3. The van der Waals surface area contributed by atoms with E-state index in [-0.39, 0.29) is 28.8 Å². The fraction of sp³-hybridized carbons (Fsp3) is 0.567. The van der Waals surface area contributed by atoms with Crippen LogP contribution in [-0.4, -0.2) is 82.2 Å². The summed E-state index contributed by atoms with van der Waals surface area (Å²) in [6.07, 6.45) is 6.91. The molecule has 0 bridgehead atoms. The second-order valence-electron chi connectivity index (χ2n) is 12.3. The number of aromatic nitrogens is 5. The van der Waals surface area contributed by atoms with E-state index in [1.165, 1.54) is 12.3 Å². The highest BCUT2D eigenvalue weighted by molar-refractivity contribution is 5.78. The first-order chi connectivity index (χ1) is 21.1. The third-order valence-electron chi connectivity index (χ3n) is 9.17. The van der Waals surface area contributed by atoms with Gasteiger partial charge in [-0.2, -0.15) is 5.10 Å². The van der Waals surface area contributed by atoms with Gasteiger partial charge in [0.15, 0.2) is 5.82 Å². The Labute approximate surface area is 254 Å². The van der Waals surface area contributed by atoms with E-state index in [0.717, 1.165) is 82.8 Å². The average Bonchev–Trinajstić information content (AvgIpc) is 3.65.